The molecule has 0 bridgehead atoms. The molecule has 0 aliphatic rings. The fourth-order valence-corrected chi connectivity index (χ4v) is 1.48. The van der Waals surface area contributed by atoms with Crippen molar-refractivity contribution in [1.29, 1.82) is 0 Å². The van der Waals surface area contributed by atoms with E-state index < -0.39 is 5.41 Å². The molecule has 1 rings (SSSR count). The second-order valence-electron chi connectivity index (χ2n) is 3.90. The largest absolute Gasteiger partial charge is 0.329 e. The van der Waals surface area contributed by atoms with Crippen LogP contribution in [-0.4, -0.2) is 22.6 Å². The first-order valence-corrected chi connectivity index (χ1v) is 5.65. The van der Waals surface area contributed by atoms with Crippen LogP contribution in [0.4, 0.5) is 5.13 Å². The smallest absolute Gasteiger partial charge is 0.233 e. The van der Waals surface area contributed by atoms with Gasteiger partial charge in [-0.3, -0.25) is 4.79 Å². The Labute approximate surface area is 105 Å². The molecule has 1 aromatic rings. The van der Waals surface area contributed by atoms with Crippen LogP contribution in [0.25, 0.3) is 0 Å². The molecule has 0 saturated carbocycles. The highest BCUT2D eigenvalue weighted by Crippen LogP contribution is 2.20. The van der Waals surface area contributed by atoms with Crippen LogP contribution in [0.5, 0.6) is 0 Å². The molecular weight excluding hydrogens is 248 g/mol. The highest BCUT2D eigenvalue weighted by Gasteiger charge is 2.26. The molecule has 7 heteroatoms. The number of nitrogens with two attached hydrogens (primary N) is 1. The van der Waals surface area contributed by atoms with Gasteiger partial charge in [0, 0.05) is 6.54 Å². The maximum atomic E-state index is 11.7. The van der Waals surface area contributed by atoms with Crippen molar-refractivity contribution in [3.05, 3.63) is 5.01 Å². The lowest BCUT2D eigenvalue weighted by atomic mass is 9.93. The lowest BCUT2D eigenvalue weighted by molar-refractivity contribution is -0.123. The number of carbonyl (C=O) groups excluding carboxylic acids is 1. The Balaban J connectivity index is 0.00000225. The van der Waals surface area contributed by atoms with Gasteiger partial charge in [-0.1, -0.05) is 18.3 Å². The Morgan fingerprint density at radius 1 is 1.50 bits per heavy atom. The van der Waals surface area contributed by atoms with E-state index in [4.69, 9.17) is 5.73 Å². The first-order valence-electron chi connectivity index (χ1n) is 4.83. The normalized spacial score (nSPS) is 10.8. The third kappa shape index (κ3) is 3.70. The van der Waals surface area contributed by atoms with Crippen LogP contribution in [0, 0.1) is 5.41 Å². The second kappa shape index (κ2) is 6.12. The molecule has 0 aromatic carbocycles. The Kier molecular flexibility index (Phi) is 5.85. The number of carbonyl (C=O) groups is 1. The minimum absolute atomic E-state index is 0. The zero-order valence-electron chi connectivity index (χ0n) is 9.61. The van der Waals surface area contributed by atoms with Crippen LogP contribution >= 0.6 is 23.7 Å². The zero-order chi connectivity index (χ0) is 11.5. The maximum absolute atomic E-state index is 11.7. The molecule has 0 aliphatic carbocycles. The SMILES string of the molecule is CCc1nnc(NC(=O)C(C)(C)CN)s1.Cl. The average molecular weight is 265 g/mol. The van der Waals surface area contributed by atoms with Crippen LogP contribution in [0.15, 0.2) is 0 Å². The Morgan fingerprint density at radius 3 is 2.56 bits per heavy atom. The monoisotopic (exact) mass is 264 g/mol. The number of amides is 1. The van der Waals surface area contributed by atoms with Gasteiger partial charge in [-0.15, -0.1) is 22.6 Å². The lowest BCUT2D eigenvalue weighted by Crippen LogP contribution is -2.37. The van der Waals surface area contributed by atoms with Crippen LogP contribution in [0.3, 0.4) is 0 Å². The number of hydrogen-bond donors (Lipinski definition) is 2. The van der Waals surface area contributed by atoms with Gasteiger partial charge in [0.25, 0.3) is 0 Å². The fourth-order valence-electron chi connectivity index (χ4n) is 0.806. The summed E-state index contributed by atoms with van der Waals surface area (Å²) in [5, 5.41) is 12.0. The van der Waals surface area contributed by atoms with Crippen molar-refractivity contribution in [2.24, 2.45) is 11.1 Å². The Hall–Kier alpha value is -0.720. The van der Waals surface area contributed by atoms with E-state index in [0.29, 0.717) is 11.7 Å². The molecule has 0 atom stereocenters. The molecule has 1 amide bonds. The summed E-state index contributed by atoms with van der Waals surface area (Å²) in [6.07, 6.45) is 0.827. The highest BCUT2D eigenvalue weighted by atomic mass is 35.5. The molecular formula is C9H17ClN4OS. The summed E-state index contributed by atoms with van der Waals surface area (Å²) >= 11 is 1.39. The number of anilines is 1. The molecule has 0 saturated heterocycles. The minimum Gasteiger partial charge on any atom is -0.329 e. The number of nitrogens with zero attached hydrogens (tertiary/aromatic N) is 2. The van der Waals surface area contributed by atoms with Gasteiger partial charge >= 0.3 is 0 Å². The number of nitrogens with one attached hydrogen (secondary N) is 1. The molecule has 3 N–H and O–H groups in total. The Morgan fingerprint density at radius 2 is 2.12 bits per heavy atom. The highest BCUT2D eigenvalue weighted by molar-refractivity contribution is 7.15. The molecule has 0 aliphatic heterocycles. The summed E-state index contributed by atoms with van der Waals surface area (Å²) in [5.74, 6) is -0.121. The van der Waals surface area contributed by atoms with Gasteiger partial charge in [-0.05, 0) is 20.3 Å². The van der Waals surface area contributed by atoms with Crippen molar-refractivity contribution in [2.75, 3.05) is 11.9 Å². The van der Waals surface area contributed by atoms with Gasteiger partial charge in [0.2, 0.25) is 11.0 Å². The van der Waals surface area contributed by atoms with E-state index in [9.17, 15) is 4.79 Å². The van der Waals surface area contributed by atoms with E-state index in [1.807, 2.05) is 6.92 Å². The zero-order valence-corrected chi connectivity index (χ0v) is 11.2. The van der Waals surface area contributed by atoms with Gasteiger partial charge in [-0.25, -0.2) is 0 Å². The standard InChI is InChI=1S/C9H16N4OS.ClH/c1-4-6-12-13-8(15-6)11-7(14)9(2,3)5-10;/h4-5,10H2,1-3H3,(H,11,13,14);1H. The number of hydrogen-bond acceptors (Lipinski definition) is 5. The first-order chi connectivity index (χ1) is 6.99. The first kappa shape index (κ1) is 15.3. The number of aryl methyl sites for hydroxylation is 1. The van der Waals surface area contributed by atoms with E-state index in [2.05, 4.69) is 15.5 Å². The van der Waals surface area contributed by atoms with E-state index >= 15 is 0 Å². The molecule has 0 radical (unpaired) electrons. The van der Waals surface area contributed by atoms with Gasteiger partial charge in [0.05, 0.1) is 5.41 Å². The number of halogens is 1. The van der Waals surface area contributed by atoms with Crippen LogP contribution in [-0.2, 0) is 11.2 Å². The van der Waals surface area contributed by atoms with E-state index in [1.54, 1.807) is 13.8 Å². The third-order valence-corrected chi connectivity index (χ3v) is 3.10. The number of rotatable bonds is 4. The van der Waals surface area contributed by atoms with Gasteiger partial charge in [0.15, 0.2) is 0 Å². The lowest BCUT2D eigenvalue weighted by Gasteiger charge is -2.19. The van der Waals surface area contributed by atoms with Crippen LogP contribution < -0.4 is 11.1 Å². The number of aromatic nitrogens is 2. The van der Waals surface area contributed by atoms with Crippen molar-refractivity contribution in [3.63, 3.8) is 0 Å². The summed E-state index contributed by atoms with van der Waals surface area (Å²) in [6, 6.07) is 0. The van der Waals surface area contributed by atoms with Crippen molar-refractivity contribution < 1.29 is 4.79 Å². The summed E-state index contributed by atoms with van der Waals surface area (Å²) in [5.41, 5.74) is 4.93. The quantitative estimate of drug-likeness (QED) is 0.862. The molecule has 0 fully saturated rings. The molecule has 16 heavy (non-hydrogen) atoms. The van der Waals surface area contributed by atoms with E-state index in [0.717, 1.165) is 11.4 Å². The predicted octanol–water partition coefficient (Wildman–Crippen LogP) is 1.45. The van der Waals surface area contributed by atoms with Crippen LogP contribution in [0.1, 0.15) is 25.8 Å². The van der Waals surface area contributed by atoms with Crippen LogP contribution in [0.2, 0.25) is 0 Å². The second-order valence-corrected chi connectivity index (χ2v) is 4.96. The molecule has 5 nitrogen and oxygen atoms in total. The van der Waals surface area contributed by atoms with Crippen molar-refractivity contribution in [1.82, 2.24) is 10.2 Å². The van der Waals surface area contributed by atoms with Crippen molar-refractivity contribution >= 4 is 34.8 Å². The molecule has 0 spiro atoms. The molecule has 0 unspecified atom stereocenters. The van der Waals surface area contributed by atoms with Crippen molar-refractivity contribution in [3.8, 4) is 0 Å². The average Bonchev–Trinajstić information content (AvgIpc) is 2.65. The van der Waals surface area contributed by atoms with Crippen molar-refractivity contribution in [2.45, 2.75) is 27.2 Å². The topological polar surface area (TPSA) is 80.9 Å². The summed E-state index contributed by atoms with van der Waals surface area (Å²) in [6.45, 7) is 5.89. The maximum Gasteiger partial charge on any atom is 0.233 e. The molecule has 92 valence electrons. The van der Waals surface area contributed by atoms with Gasteiger partial charge < -0.3 is 11.1 Å². The molecule has 1 heterocycles. The van der Waals surface area contributed by atoms with Gasteiger partial charge in [0.1, 0.15) is 5.01 Å². The van der Waals surface area contributed by atoms with Gasteiger partial charge in [-0.2, -0.15) is 0 Å². The fraction of sp³-hybridized carbons (Fsp3) is 0.667. The third-order valence-electron chi connectivity index (χ3n) is 2.11. The van der Waals surface area contributed by atoms with E-state index in [1.165, 1.54) is 11.3 Å². The molecule has 1 aromatic heterocycles. The summed E-state index contributed by atoms with van der Waals surface area (Å²) < 4.78 is 0. The summed E-state index contributed by atoms with van der Waals surface area (Å²) in [4.78, 5) is 11.7. The Bertz CT molecular complexity index is 353. The minimum atomic E-state index is -0.571. The predicted molar refractivity (Wildman–Crippen MR) is 68.0 cm³/mol. The summed E-state index contributed by atoms with van der Waals surface area (Å²) in [7, 11) is 0. The van der Waals surface area contributed by atoms with E-state index in [-0.39, 0.29) is 18.3 Å².